The molecule has 0 saturated heterocycles. The van der Waals surface area contributed by atoms with Crippen molar-refractivity contribution in [2.45, 2.75) is 45.5 Å². The van der Waals surface area contributed by atoms with Crippen LogP contribution in [0.5, 0.6) is 0 Å². The Balaban J connectivity index is 1.90. The van der Waals surface area contributed by atoms with Gasteiger partial charge in [0.25, 0.3) is 0 Å². The Bertz CT molecular complexity index is 1130. The summed E-state index contributed by atoms with van der Waals surface area (Å²) in [7, 11) is 0. The fraction of sp³-hybridized carbons (Fsp3) is 0.350. The Kier molecular flexibility index (Phi) is 4.77. The number of hydrogen-bond donors (Lipinski definition) is 0. The summed E-state index contributed by atoms with van der Waals surface area (Å²) in [5, 5.41) is 0.837. The van der Waals surface area contributed by atoms with E-state index in [0.29, 0.717) is 15.7 Å². The van der Waals surface area contributed by atoms with Crippen molar-refractivity contribution in [3.05, 3.63) is 63.1 Å². The molecule has 4 rings (SSSR count). The number of benzene rings is 1. The smallest absolute Gasteiger partial charge is 0.328 e. The van der Waals surface area contributed by atoms with Crippen LogP contribution in [0.1, 0.15) is 41.9 Å². The molecule has 1 aliphatic heterocycles. The van der Waals surface area contributed by atoms with E-state index in [2.05, 4.69) is 25.5 Å². The van der Waals surface area contributed by atoms with Gasteiger partial charge in [-0.15, -0.1) is 0 Å². The molecule has 0 N–H and O–H groups in total. The summed E-state index contributed by atoms with van der Waals surface area (Å²) in [6.45, 7) is 4.17. The van der Waals surface area contributed by atoms with Crippen LogP contribution in [0.2, 0.25) is 0 Å². The number of nitrogens with zero attached hydrogens (tertiary/aromatic N) is 4. The minimum absolute atomic E-state index is 0.203. The Labute approximate surface area is 168 Å². The van der Waals surface area contributed by atoms with Crippen molar-refractivity contribution in [1.29, 1.82) is 0 Å². The standard InChI is InChI=1S/C20H18BrF3N4/c1-11-13(5-3-6-15(11)20(22,23)24)12(2)26-19-14-9-17(21)25-10-16(14)28-8-4-7-18(28)27-19/h3,5-6,9-10,12H,4,7-8H2,1-2H3/b26-19-. The van der Waals surface area contributed by atoms with Gasteiger partial charge in [0.2, 0.25) is 0 Å². The van der Waals surface area contributed by atoms with Crippen LogP contribution in [0, 0.1) is 6.92 Å². The second kappa shape index (κ2) is 6.99. The Morgan fingerprint density at radius 2 is 2.07 bits per heavy atom. The molecule has 8 heteroatoms. The molecule has 1 aliphatic rings. The summed E-state index contributed by atoms with van der Waals surface area (Å²) in [4.78, 5) is 13.8. The molecule has 3 aromatic rings. The summed E-state index contributed by atoms with van der Waals surface area (Å²) in [6, 6.07) is 5.63. The third kappa shape index (κ3) is 3.34. The van der Waals surface area contributed by atoms with Gasteiger partial charge in [0.05, 0.1) is 23.3 Å². The molecule has 0 amide bonds. The van der Waals surface area contributed by atoms with Crippen molar-refractivity contribution in [1.82, 2.24) is 14.5 Å². The van der Waals surface area contributed by atoms with Gasteiger partial charge in [-0.1, -0.05) is 12.1 Å². The van der Waals surface area contributed by atoms with Crippen molar-refractivity contribution in [3.8, 4) is 0 Å². The minimum atomic E-state index is -4.38. The topological polar surface area (TPSA) is 43.1 Å². The third-order valence-electron chi connectivity index (χ3n) is 5.16. The maximum atomic E-state index is 13.3. The number of rotatable bonds is 2. The van der Waals surface area contributed by atoms with E-state index in [9.17, 15) is 13.2 Å². The molecule has 4 nitrogen and oxygen atoms in total. The number of hydrogen-bond acceptors (Lipinski definition) is 3. The Morgan fingerprint density at radius 3 is 2.82 bits per heavy atom. The predicted octanol–water partition coefficient (Wildman–Crippen LogP) is 5.13. The number of aryl methyl sites for hydroxylation is 2. The number of aromatic nitrogens is 3. The van der Waals surface area contributed by atoms with Gasteiger partial charge >= 0.3 is 6.18 Å². The lowest BCUT2D eigenvalue weighted by Gasteiger charge is -2.16. The zero-order valence-corrected chi connectivity index (χ0v) is 17.0. The molecule has 146 valence electrons. The molecule has 1 unspecified atom stereocenters. The molecule has 1 atom stereocenters. The van der Waals surface area contributed by atoms with Crippen LogP contribution < -0.4 is 5.49 Å². The zero-order valence-electron chi connectivity index (χ0n) is 15.4. The van der Waals surface area contributed by atoms with Crippen molar-refractivity contribution in [3.63, 3.8) is 0 Å². The zero-order chi connectivity index (χ0) is 20.1. The lowest BCUT2D eigenvalue weighted by Crippen LogP contribution is -2.18. The summed E-state index contributed by atoms with van der Waals surface area (Å²) < 4.78 is 42.6. The van der Waals surface area contributed by atoms with Crippen molar-refractivity contribution in [2.24, 2.45) is 4.99 Å². The quantitative estimate of drug-likeness (QED) is 0.508. The number of fused-ring (bicyclic) bond motifs is 3. The highest BCUT2D eigenvalue weighted by molar-refractivity contribution is 9.10. The Morgan fingerprint density at radius 1 is 1.29 bits per heavy atom. The van der Waals surface area contributed by atoms with Gasteiger partial charge in [0.15, 0.2) is 5.49 Å². The third-order valence-corrected chi connectivity index (χ3v) is 5.59. The first-order chi connectivity index (χ1) is 13.3. The van der Waals surface area contributed by atoms with Crippen LogP contribution >= 0.6 is 15.9 Å². The van der Waals surface area contributed by atoms with Crippen molar-refractivity contribution >= 4 is 26.8 Å². The maximum absolute atomic E-state index is 13.3. The molecule has 0 bridgehead atoms. The predicted molar refractivity (Wildman–Crippen MR) is 104 cm³/mol. The summed E-state index contributed by atoms with van der Waals surface area (Å²) in [5.74, 6) is 0.934. The average molecular weight is 451 g/mol. The van der Waals surface area contributed by atoms with Crippen LogP contribution in [0.25, 0.3) is 10.9 Å². The van der Waals surface area contributed by atoms with E-state index in [1.807, 2.05) is 6.07 Å². The van der Waals surface area contributed by atoms with Gasteiger partial charge in [-0.25, -0.2) is 9.97 Å². The van der Waals surface area contributed by atoms with Crippen LogP contribution in [0.4, 0.5) is 13.2 Å². The highest BCUT2D eigenvalue weighted by Gasteiger charge is 2.33. The fourth-order valence-corrected chi connectivity index (χ4v) is 4.13. The number of pyridine rings is 1. The lowest BCUT2D eigenvalue weighted by atomic mass is 9.97. The number of alkyl halides is 3. The molecule has 0 radical (unpaired) electrons. The largest absolute Gasteiger partial charge is 0.416 e. The van der Waals surface area contributed by atoms with Crippen LogP contribution in [-0.2, 0) is 19.1 Å². The first-order valence-electron chi connectivity index (χ1n) is 9.01. The molecule has 28 heavy (non-hydrogen) atoms. The van der Waals surface area contributed by atoms with E-state index < -0.39 is 17.8 Å². The molecule has 0 fully saturated rings. The molecule has 3 heterocycles. The van der Waals surface area contributed by atoms with Crippen LogP contribution in [0.3, 0.4) is 0 Å². The molecule has 0 saturated carbocycles. The molecular weight excluding hydrogens is 433 g/mol. The second-order valence-electron chi connectivity index (χ2n) is 6.95. The van der Waals surface area contributed by atoms with Gasteiger partial charge in [0.1, 0.15) is 10.4 Å². The van der Waals surface area contributed by atoms with Gasteiger partial charge in [-0.3, -0.25) is 4.99 Å². The van der Waals surface area contributed by atoms with Crippen molar-refractivity contribution in [2.75, 3.05) is 0 Å². The summed E-state index contributed by atoms with van der Waals surface area (Å²) >= 11 is 3.39. The van der Waals surface area contributed by atoms with E-state index in [0.717, 1.165) is 42.2 Å². The minimum Gasteiger partial charge on any atom is -0.328 e. The molecule has 0 aliphatic carbocycles. The van der Waals surface area contributed by atoms with Gasteiger partial charge in [0, 0.05) is 18.4 Å². The SMILES string of the molecule is Cc1c(C(C)/N=c2\nc3n(c4cnc(Br)cc24)CCC3)cccc1C(F)(F)F. The van der Waals surface area contributed by atoms with E-state index in [1.165, 1.54) is 13.0 Å². The summed E-state index contributed by atoms with van der Waals surface area (Å²) in [5.41, 5.74) is 1.61. The monoisotopic (exact) mass is 450 g/mol. The van der Waals surface area contributed by atoms with Gasteiger partial charge in [-0.05, 0) is 59.5 Å². The van der Waals surface area contributed by atoms with E-state index >= 15 is 0 Å². The molecule has 2 aromatic heterocycles. The van der Waals surface area contributed by atoms with E-state index in [4.69, 9.17) is 9.98 Å². The summed E-state index contributed by atoms with van der Waals surface area (Å²) in [6.07, 6.45) is -0.740. The molecule has 0 spiro atoms. The number of halogens is 4. The van der Waals surface area contributed by atoms with E-state index in [1.54, 1.807) is 19.2 Å². The first kappa shape index (κ1) is 19.1. The van der Waals surface area contributed by atoms with Gasteiger partial charge < -0.3 is 4.57 Å². The molecule has 1 aromatic carbocycles. The Hall–Kier alpha value is -2.22. The van der Waals surface area contributed by atoms with Crippen LogP contribution in [0.15, 0.2) is 40.1 Å². The highest BCUT2D eigenvalue weighted by Crippen LogP contribution is 2.35. The van der Waals surface area contributed by atoms with E-state index in [-0.39, 0.29) is 5.56 Å². The van der Waals surface area contributed by atoms with Crippen molar-refractivity contribution < 1.29 is 13.2 Å². The first-order valence-corrected chi connectivity index (χ1v) is 9.80. The van der Waals surface area contributed by atoms with Gasteiger partial charge in [-0.2, -0.15) is 13.2 Å². The normalized spacial score (nSPS) is 15.9. The maximum Gasteiger partial charge on any atom is 0.416 e. The molecular formula is C20H18BrF3N4. The van der Waals surface area contributed by atoms with Crippen LogP contribution in [-0.4, -0.2) is 14.5 Å². The highest BCUT2D eigenvalue weighted by atomic mass is 79.9. The second-order valence-corrected chi connectivity index (χ2v) is 7.77. The average Bonchev–Trinajstić information content (AvgIpc) is 3.09. The fourth-order valence-electron chi connectivity index (χ4n) is 3.80. The lowest BCUT2D eigenvalue weighted by molar-refractivity contribution is -0.138.